The van der Waals surface area contributed by atoms with Crippen molar-refractivity contribution in [3.8, 4) is 5.75 Å². The zero-order valence-corrected chi connectivity index (χ0v) is 14.8. The van der Waals surface area contributed by atoms with E-state index >= 15 is 0 Å². The van der Waals surface area contributed by atoms with Gasteiger partial charge in [-0.3, -0.25) is 9.69 Å². The van der Waals surface area contributed by atoms with E-state index in [4.69, 9.17) is 15.2 Å². The molecule has 0 saturated carbocycles. The fraction of sp³-hybridized carbons (Fsp3) is 0.316. The largest absolute Gasteiger partial charge is 0.477 e. The number of amides is 1. The number of nitrogens with zero attached hydrogens (tertiary/aromatic N) is 2. The van der Waals surface area contributed by atoms with Crippen molar-refractivity contribution < 1.29 is 19.1 Å². The standard InChI is InChI=1S/C19H21N3O4/c1-3-14-18(23)22(17-15(26-14)8-9-16(20)21-17)11-12-6-5-7-13(10-12)19(24)25-4-2/h5-10,14H,3-4,11H2,1-2H3,(H2,20,21). The summed E-state index contributed by atoms with van der Waals surface area (Å²) in [6.07, 6.45) is -0.0247. The van der Waals surface area contributed by atoms with Crippen LogP contribution in [0.2, 0.25) is 0 Å². The van der Waals surface area contributed by atoms with Crippen molar-refractivity contribution in [3.05, 3.63) is 47.5 Å². The van der Waals surface area contributed by atoms with Gasteiger partial charge in [0.2, 0.25) is 0 Å². The highest BCUT2D eigenvalue weighted by molar-refractivity contribution is 5.99. The van der Waals surface area contributed by atoms with Crippen molar-refractivity contribution in [1.29, 1.82) is 0 Å². The third-order valence-electron chi connectivity index (χ3n) is 4.08. The number of anilines is 2. The van der Waals surface area contributed by atoms with Crippen molar-refractivity contribution in [2.45, 2.75) is 32.9 Å². The first-order valence-corrected chi connectivity index (χ1v) is 8.54. The van der Waals surface area contributed by atoms with Crippen LogP contribution in [0.1, 0.15) is 36.2 Å². The van der Waals surface area contributed by atoms with Crippen LogP contribution in [0.3, 0.4) is 0 Å². The normalized spacial score (nSPS) is 16.0. The van der Waals surface area contributed by atoms with Gasteiger partial charge in [-0.2, -0.15) is 0 Å². The average Bonchev–Trinajstić information content (AvgIpc) is 2.64. The molecule has 1 unspecified atom stereocenters. The number of rotatable bonds is 5. The van der Waals surface area contributed by atoms with E-state index in [0.717, 1.165) is 5.56 Å². The van der Waals surface area contributed by atoms with Crippen molar-refractivity contribution in [2.75, 3.05) is 17.2 Å². The van der Waals surface area contributed by atoms with Crippen LogP contribution in [-0.4, -0.2) is 29.6 Å². The van der Waals surface area contributed by atoms with E-state index in [1.807, 2.05) is 13.0 Å². The van der Waals surface area contributed by atoms with Crippen LogP contribution in [0.5, 0.6) is 5.75 Å². The third-order valence-corrected chi connectivity index (χ3v) is 4.08. The Bertz CT molecular complexity index is 837. The van der Waals surface area contributed by atoms with Crippen LogP contribution in [0.25, 0.3) is 0 Å². The number of aromatic nitrogens is 1. The number of fused-ring (bicyclic) bond motifs is 1. The number of carbonyl (C=O) groups is 2. The molecule has 2 N–H and O–H groups in total. The smallest absolute Gasteiger partial charge is 0.338 e. The lowest BCUT2D eigenvalue weighted by Gasteiger charge is -2.33. The quantitative estimate of drug-likeness (QED) is 0.828. The number of ether oxygens (including phenoxy) is 2. The predicted molar refractivity (Wildman–Crippen MR) is 96.9 cm³/mol. The first-order valence-electron chi connectivity index (χ1n) is 8.54. The van der Waals surface area contributed by atoms with Gasteiger partial charge in [-0.05, 0) is 43.2 Å². The molecule has 1 aromatic heterocycles. The van der Waals surface area contributed by atoms with Crippen LogP contribution in [0, 0.1) is 0 Å². The van der Waals surface area contributed by atoms with Gasteiger partial charge >= 0.3 is 5.97 Å². The monoisotopic (exact) mass is 355 g/mol. The van der Waals surface area contributed by atoms with Gasteiger partial charge in [-0.1, -0.05) is 19.1 Å². The molecule has 26 heavy (non-hydrogen) atoms. The molecule has 2 heterocycles. The van der Waals surface area contributed by atoms with E-state index in [2.05, 4.69) is 4.98 Å². The van der Waals surface area contributed by atoms with Crippen LogP contribution in [0.15, 0.2) is 36.4 Å². The minimum Gasteiger partial charge on any atom is -0.477 e. The number of nitrogens with two attached hydrogens (primary N) is 1. The lowest BCUT2D eigenvalue weighted by atomic mass is 10.1. The summed E-state index contributed by atoms with van der Waals surface area (Å²) in [7, 11) is 0. The SMILES string of the molecule is CCOC(=O)c1cccc(CN2C(=O)C(CC)Oc3ccc(N)nc32)c1. The molecule has 1 aliphatic heterocycles. The minimum absolute atomic E-state index is 0.181. The van der Waals surface area contributed by atoms with Gasteiger partial charge in [-0.15, -0.1) is 0 Å². The van der Waals surface area contributed by atoms with Gasteiger partial charge in [-0.25, -0.2) is 9.78 Å². The Hall–Kier alpha value is -3.09. The highest BCUT2D eigenvalue weighted by Crippen LogP contribution is 2.34. The Balaban J connectivity index is 1.93. The fourth-order valence-electron chi connectivity index (χ4n) is 2.82. The summed E-state index contributed by atoms with van der Waals surface area (Å²) in [4.78, 5) is 30.5. The fourth-order valence-corrected chi connectivity index (χ4v) is 2.82. The van der Waals surface area contributed by atoms with Gasteiger partial charge < -0.3 is 15.2 Å². The number of nitrogen functional groups attached to an aromatic ring is 1. The number of pyridine rings is 1. The molecule has 1 amide bonds. The Kier molecular flexibility index (Phi) is 5.06. The highest BCUT2D eigenvalue weighted by Gasteiger charge is 2.34. The average molecular weight is 355 g/mol. The predicted octanol–water partition coefficient (Wildman–Crippen LogP) is 2.54. The van der Waals surface area contributed by atoms with Gasteiger partial charge in [0.15, 0.2) is 17.7 Å². The minimum atomic E-state index is -0.568. The van der Waals surface area contributed by atoms with Crippen molar-refractivity contribution in [2.24, 2.45) is 0 Å². The molecule has 0 aliphatic carbocycles. The van der Waals surface area contributed by atoms with E-state index in [-0.39, 0.29) is 12.5 Å². The van der Waals surface area contributed by atoms with Crippen molar-refractivity contribution in [1.82, 2.24) is 4.98 Å². The maximum atomic E-state index is 12.8. The number of benzene rings is 1. The second kappa shape index (κ2) is 7.43. The second-order valence-corrected chi connectivity index (χ2v) is 5.92. The summed E-state index contributed by atoms with van der Waals surface area (Å²) in [5, 5.41) is 0. The molecule has 0 radical (unpaired) electrons. The van der Waals surface area contributed by atoms with Crippen LogP contribution < -0.4 is 15.4 Å². The van der Waals surface area contributed by atoms with Crippen molar-refractivity contribution in [3.63, 3.8) is 0 Å². The van der Waals surface area contributed by atoms with Crippen LogP contribution in [-0.2, 0) is 16.1 Å². The Labute approximate surface area is 151 Å². The Morgan fingerprint density at radius 2 is 2.12 bits per heavy atom. The van der Waals surface area contributed by atoms with Gasteiger partial charge in [0, 0.05) is 0 Å². The zero-order valence-electron chi connectivity index (χ0n) is 14.8. The summed E-state index contributed by atoms with van der Waals surface area (Å²) in [6.45, 7) is 4.21. The number of hydrogen-bond donors (Lipinski definition) is 1. The lowest BCUT2D eigenvalue weighted by Crippen LogP contribution is -2.45. The zero-order chi connectivity index (χ0) is 18.7. The number of hydrogen-bond acceptors (Lipinski definition) is 6. The molecule has 136 valence electrons. The summed E-state index contributed by atoms with van der Waals surface area (Å²) >= 11 is 0. The molecule has 0 spiro atoms. The molecule has 7 heteroatoms. The van der Waals surface area contributed by atoms with Gasteiger partial charge in [0.05, 0.1) is 18.7 Å². The maximum absolute atomic E-state index is 12.8. The molecule has 0 bridgehead atoms. The Morgan fingerprint density at radius 3 is 2.85 bits per heavy atom. The topological polar surface area (TPSA) is 94.8 Å². The van der Waals surface area contributed by atoms with E-state index in [1.54, 1.807) is 42.2 Å². The molecule has 0 fully saturated rings. The van der Waals surface area contributed by atoms with E-state index in [9.17, 15) is 9.59 Å². The first-order chi connectivity index (χ1) is 12.5. The van der Waals surface area contributed by atoms with E-state index < -0.39 is 12.1 Å². The lowest BCUT2D eigenvalue weighted by molar-refractivity contribution is -0.126. The van der Waals surface area contributed by atoms with Crippen molar-refractivity contribution >= 4 is 23.5 Å². The van der Waals surface area contributed by atoms with Crippen LogP contribution in [0.4, 0.5) is 11.6 Å². The van der Waals surface area contributed by atoms with Crippen LogP contribution >= 0.6 is 0 Å². The Morgan fingerprint density at radius 1 is 1.31 bits per heavy atom. The second-order valence-electron chi connectivity index (χ2n) is 5.92. The third kappa shape index (κ3) is 3.46. The molecule has 7 nitrogen and oxygen atoms in total. The molecule has 3 rings (SSSR count). The summed E-state index contributed by atoms with van der Waals surface area (Å²) in [5.74, 6) is 0.644. The maximum Gasteiger partial charge on any atom is 0.338 e. The van der Waals surface area contributed by atoms with Gasteiger partial charge in [0.1, 0.15) is 5.82 Å². The molecular weight excluding hydrogens is 334 g/mol. The molecule has 2 aromatic rings. The summed E-state index contributed by atoms with van der Waals surface area (Å²) in [5.41, 5.74) is 7.01. The molecule has 1 aliphatic rings. The molecule has 0 saturated heterocycles. The number of esters is 1. The molecular formula is C19H21N3O4. The molecule has 1 aromatic carbocycles. The summed E-state index contributed by atoms with van der Waals surface area (Å²) in [6, 6.07) is 10.4. The molecule has 1 atom stereocenters. The van der Waals surface area contributed by atoms with E-state index in [0.29, 0.717) is 36.0 Å². The van der Waals surface area contributed by atoms with E-state index in [1.165, 1.54) is 0 Å². The highest BCUT2D eigenvalue weighted by atomic mass is 16.5. The number of carbonyl (C=O) groups excluding carboxylic acids is 2. The first kappa shape index (κ1) is 17.7. The summed E-state index contributed by atoms with van der Waals surface area (Å²) < 4.78 is 10.8. The van der Waals surface area contributed by atoms with Gasteiger partial charge in [0.25, 0.3) is 5.91 Å².